The SMILES string of the molecule is CCNCc1ccccc1NC(=O)c1ccc(OC2CCCC2)c(OC)c1.Cl. The summed E-state index contributed by atoms with van der Waals surface area (Å²) in [4.78, 5) is 12.7. The number of carbonyl (C=O) groups excluding carboxylic acids is 1. The van der Waals surface area contributed by atoms with Gasteiger partial charge in [0.05, 0.1) is 13.2 Å². The Bertz CT molecular complexity index is 776. The number of nitrogens with one attached hydrogen (secondary N) is 2. The fraction of sp³-hybridized carbons (Fsp3) is 0.409. The van der Waals surface area contributed by atoms with Crippen LogP contribution in [0, 0.1) is 0 Å². The van der Waals surface area contributed by atoms with Crippen molar-refractivity contribution in [2.45, 2.75) is 45.3 Å². The summed E-state index contributed by atoms with van der Waals surface area (Å²) >= 11 is 0. The summed E-state index contributed by atoms with van der Waals surface area (Å²) in [7, 11) is 1.60. The molecule has 1 amide bonds. The molecule has 1 fully saturated rings. The molecule has 1 aliphatic rings. The van der Waals surface area contributed by atoms with Crippen molar-refractivity contribution in [3.05, 3.63) is 53.6 Å². The predicted molar refractivity (Wildman–Crippen MR) is 115 cm³/mol. The number of hydrogen-bond acceptors (Lipinski definition) is 4. The van der Waals surface area contributed by atoms with E-state index in [2.05, 4.69) is 17.6 Å². The van der Waals surface area contributed by atoms with Crippen molar-refractivity contribution in [1.82, 2.24) is 5.32 Å². The third-order valence-electron chi connectivity index (χ3n) is 4.85. The molecule has 6 heteroatoms. The zero-order chi connectivity index (χ0) is 19.1. The standard InChI is InChI=1S/C22H28N2O3.ClH/c1-3-23-15-17-8-4-7-11-19(17)24-22(25)16-12-13-20(21(14-16)26-2)27-18-9-5-6-10-18;/h4,7-8,11-14,18,23H,3,5-6,9-10,15H2,1-2H3,(H,24,25);1H. The highest BCUT2D eigenvalue weighted by Crippen LogP contribution is 2.32. The topological polar surface area (TPSA) is 59.6 Å². The van der Waals surface area contributed by atoms with Crippen LogP contribution < -0.4 is 20.1 Å². The average molecular weight is 405 g/mol. The van der Waals surface area contributed by atoms with E-state index in [9.17, 15) is 4.79 Å². The zero-order valence-corrected chi connectivity index (χ0v) is 17.3. The molecule has 0 atom stereocenters. The van der Waals surface area contributed by atoms with E-state index in [1.165, 1.54) is 12.8 Å². The number of anilines is 1. The second-order valence-electron chi connectivity index (χ2n) is 6.78. The van der Waals surface area contributed by atoms with Gasteiger partial charge in [-0.05, 0) is 62.1 Å². The molecule has 0 aromatic heterocycles. The van der Waals surface area contributed by atoms with Gasteiger partial charge in [0.15, 0.2) is 11.5 Å². The lowest BCUT2D eigenvalue weighted by molar-refractivity contribution is 0.102. The van der Waals surface area contributed by atoms with Crippen molar-refractivity contribution in [1.29, 1.82) is 0 Å². The number of methoxy groups -OCH3 is 1. The van der Waals surface area contributed by atoms with E-state index >= 15 is 0 Å². The third kappa shape index (κ3) is 5.63. The lowest BCUT2D eigenvalue weighted by Gasteiger charge is -2.17. The molecule has 0 heterocycles. The molecule has 152 valence electrons. The lowest BCUT2D eigenvalue weighted by Crippen LogP contribution is -2.17. The molecular formula is C22H29ClN2O3. The Morgan fingerprint density at radius 2 is 1.86 bits per heavy atom. The minimum Gasteiger partial charge on any atom is -0.493 e. The predicted octanol–water partition coefficient (Wildman–Crippen LogP) is 4.80. The molecule has 1 saturated carbocycles. The third-order valence-corrected chi connectivity index (χ3v) is 4.85. The number of amides is 1. The highest BCUT2D eigenvalue weighted by Gasteiger charge is 2.19. The number of para-hydroxylation sites is 1. The maximum absolute atomic E-state index is 12.7. The van der Waals surface area contributed by atoms with E-state index in [-0.39, 0.29) is 24.4 Å². The van der Waals surface area contributed by atoms with Crippen LogP contribution in [0.5, 0.6) is 11.5 Å². The number of halogens is 1. The molecule has 0 radical (unpaired) electrons. The molecule has 2 aromatic rings. The van der Waals surface area contributed by atoms with Crippen molar-refractivity contribution < 1.29 is 14.3 Å². The quantitative estimate of drug-likeness (QED) is 0.663. The zero-order valence-electron chi connectivity index (χ0n) is 16.5. The second-order valence-corrected chi connectivity index (χ2v) is 6.78. The number of ether oxygens (including phenoxy) is 2. The minimum absolute atomic E-state index is 0. The molecule has 2 aromatic carbocycles. The van der Waals surface area contributed by atoms with E-state index in [0.29, 0.717) is 23.6 Å². The summed E-state index contributed by atoms with van der Waals surface area (Å²) in [6.07, 6.45) is 4.82. The van der Waals surface area contributed by atoms with Gasteiger partial charge in [-0.2, -0.15) is 0 Å². The van der Waals surface area contributed by atoms with Crippen molar-refractivity contribution >= 4 is 24.0 Å². The molecule has 0 spiro atoms. The van der Waals surface area contributed by atoms with Crippen LogP contribution in [-0.4, -0.2) is 25.7 Å². The first kappa shape index (κ1) is 22.1. The first-order chi connectivity index (χ1) is 13.2. The van der Waals surface area contributed by atoms with Crippen molar-refractivity contribution in [3.8, 4) is 11.5 Å². The first-order valence-corrected chi connectivity index (χ1v) is 9.66. The van der Waals surface area contributed by atoms with Crippen LogP contribution in [0.2, 0.25) is 0 Å². The monoisotopic (exact) mass is 404 g/mol. The number of rotatable bonds is 8. The van der Waals surface area contributed by atoms with E-state index < -0.39 is 0 Å². The van der Waals surface area contributed by atoms with Gasteiger partial charge >= 0.3 is 0 Å². The first-order valence-electron chi connectivity index (χ1n) is 9.66. The molecular weight excluding hydrogens is 376 g/mol. The number of carbonyl (C=O) groups is 1. The summed E-state index contributed by atoms with van der Waals surface area (Å²) in [5.41, 5.74) is 2.42. The fourth-order valence-corrected chi connectivity index (χ4v) is 3.34. The Morgan fingerprint density at radius 3 is 2.57 bits per heavy atom. The molecule has 0 aliphatic heterocycles. The Kier molecular flexibility index (Phi) is 8.61. The summed E-state index contributed by atoms with van der Waals surface area (Å²) in [5, 5.41) is 6.29. The Hall–Kier alpha value is -2.24. The molecule has 1 aliphatic carbocycles. The largest absolute Gasteiger partial charge is 0.493 e. The van der Waals surface area contributed by atoms with Crippen LogP contribution in [0.3, 0.4) is 0 Å². The molecule has 0 saturated heterocycles. The van der Waals surface area contributed by atoms with Crippen LogP contribution >= 0.6 is 12.4 Å². The number of benzene rings is 2. The summed E-state index contributed by atoms with van der Waals surface area (Å²) in [6.45, 7) is 3.65. The van der Waals surface area contributed by atoms with E-state index in [1.54, 1.807) is 19.2 Å². The molecule has 3 rings (SSSR count). The summed E-state index contributed by atoms with van der Waals surface area (Å²) < 4.78 is 11.5. The Labute approximate surface area is 173 Å². The highest BCUT2D eigenvalue weighted by atomic mass is 35.5. The molecule has 0 bridgehead atoms. The fourth-order valence-electron chi connectivity index (χ4n) is 3.34. The van der Waals surface area contributed by atoms with Crippen LogP contribution in [0.25, 0.3) is 0 Å². The van der Waals surface area contributed by atoms with Crippen LogP contribution in [0.4, 0.5) is 5.69 Å². The van der Waals surface area contributed by atoms with Gasteiger partial charge in [-0.3, -0.25) is 4.79 Å². The van der Waals surface area contributed by atoms with Gasteiger partial charge in [0.25, 0.3) is 5.91 Å². The normalized spacial score (nSPS) is 13.6. The van der Waals surface area contributed by atoms with Crippen LogP contribution in [-0.2, 0) is 6.54 Å². The van der Waals surface area contributed by atoms with Crippen molar-refractivity contribution in [3.63, 3.8) is 0 Å². The maximum Gasteiger partial charge on any atom is 0.255 e. The van der Waals surface area contributed by atoms with Gasteiger partial charge in [-0.15, -0.1) is 12.4 Å². The summed E-state index contributed by atoms with van der Waals surface area (Å²) in [6, 6.07) is 13.2. The van der Waals surface area contributed by atoms with Crippen LogP contribution in [0.15, 0.2) is 42.5 Å². The molecule has 28 heavy (non-hydrogen) atoms. The van der Waals surface area contributed by atoms with Crippen LogP contribution in [0.1, 0.15) is 48.5 Å². The van der Waals surface area contributed by atoms with Gasteiger partial charge in [0.2, 0.25) is 0 Å². The second kappa shape index (κ2) is 10.9. The molecule has 0 unspecified atom stereocenters. The van der Waals surface area contributed by atoms with E-state index in [1.807, 2.05) is 30.3 Å². The Balaban J connectivity index is 0.00000280. The lowest BCUT2D eigenvalue weighted by atomic mass is 10.1. The molecule has 2 N–H and O–H groups in total. The smallest absolute Gasteiger partial charge is 0.255 e. The number of hydrogen-bond donors (Lipinski definition) is 2. The van der Waals surface area contributed by atoms with Crippen molar-refractivity contribution in [2.75, 3.05) is 19.0 Å². The van der Waals surface area contributed by atoms with Gasteiger partial charge in [0.1, 0.15) is 0 Å². The van der Waals surface area contributed by atoms with Gasteiger partial charge in [-0.1, -0.05) is 25.1 Å². The highest BCUT2D eigenvalue weighted by molar-refractivity contribution is 6.05. The maximum atomic E-state index is 12.7. The van der Waals surface area contributed by atoms with Gasteiger partial charge in [0, 0.05) is 17.8 Å². The van der Waals surface area contributed by atoms with E-state index in [4.69, 9.17) is 9.47 Å². The Morgan fingerprint density at radius 1 is 1.11 bits per heavy atom. The molecule has 5 nitrogen and oxygen atoms in total. The van der Waals surface area contributed by atoms with Crippen molar-refractivity contribution in [2.24, 2.45) is 0 Å². The summed E-state index contributed by atoms with van der Waals surface area (Å²) in [5.74, 6) is 1.13. The average Bonchev–Trinajstić information content (AvgIpc) is 3.20. The minimum atomic E-state index is -0.162. The van der Waals surface area contributed by atoms with Gasteiger partial charge in [-0.25, -0.2) is 0 Å². The van der Waals surface area contributed by atoms with Gasteiger partial charge < -0.3 is 20.1 Å². The van der Waals surface area contributed by atoms with E-state index in [0.717, 1.165) is 30.6 Å².